The Morgan fingerprint density at radius 3 is 2.69 bits per heavy atom. The van der Waals surface area contributed by atoms with Crippen LogP contribution in [0.4, 0.5) is 0 Å². The molecule has 74 valence electrons. The van der Waals surface area contributed by atoms with Gasteiger partial charge < -0.3 is 9.47 Å². The molecule has 1 saturated heterocycles. The van der Waals surface area contributed by atoms with Crippen LogP contribution in [0.3, 0.4) is 0 Å². The minimum atomic E-state index is -0.492. The normalized spacial score (nSPS) is 27.2. The molecule has 2 atom stereocenters. The molecule has 0 spiro atoms. The highest BCUT2D eigenvalue weighted by Gasteiger charge is 2.29. The highest BCUT2D eigenvalue weighted by atomic mass is 16.5. The van der Waals surface area contributed by atoms with Crippen molar-refractivity contribution < 1.29 is 19.1 Å². The van der Waals surface area contributed by atoms with E-state index in [-0.39, 0.29) is 12.2 Å². The molecule has 1 rings (SSSR count). The van der Waals surface area contributed by atoms with E-state index in [1.807, 2.05) is 6.92 Å². The minimum Gasteiger partial charge on any atom is -0.469 e. The molecule has 4 nitrogen and oxygen atoms in total. The van der Waals surface area contributed by atoms with Crippen LogP contribution in [0.2, 0.25) is 0 Å². The lowest BCUT2D eigenvalue weighted by molar-refractivity contribution is -0.145. The van der Waals surface area contributed by atoms with Crippen molar-refractivity contribution in [3.63, 3.8) is 0 Å². The van der Waals surface area contributed by atoms with Gasteiger partial charge in [-0.3, -0.25) is 9.59 Å². The average molecular weight is 186 g/mol. The second kappa shape index (κ2) is 4.37. The van der Waals surface area contributed by atoms with Crippen LogP contribution < -0.4 is 0 Å². The number of Topliss-reactive ketones (excluding diaryl/α,β-unsaturated/α-hetero) is 1. The molecule has 1 fully saturated rings. The maximum absolute atomic E-state index is 11.3. The van der Waals surface area contributed by atoms with Crippen molar-refractivity contribution in [1.82, 2.24) is 0 Å². The van der Waals surface area contributed by atoms with E-state index in [1.165, 1.54) is 7.11 Å². The Kier molecular flexibility index (Phi) is 3.42. The van der Waals surface area contributed by atoms with Crippen LogP contribution >= 0.6 is 0 Å². The Morgan fingerprint density at radius 2 is 2.23 bits per heavy atom. The number of ketones is 1. The van der Waals surface area contributed by atoms with Crippen molar-refractivity contribution in [2.45, 2.75) is 25.9 Å². The molecule has 2 unspecified atom stereocenters. The van der Waals surface area contributed by atoms with Crippen molar-refractivity contribution in [3.8, 4) is 0 Å². The molecule has 1 aliphatic heterocycles. The van der Waals surface area contributed by atoms with Gasteiger partial charge in [0.25, 0.3) is 0 Å². The Bertz CT molecular complexity index is 212. The lowest BCUT2D eigenvalue weighted by Gasteiger charge is -2.06. The van der Waals surface area contributed by atoms with E-state index in [4.69, 9.17) is 4.74 Å². The zero-order valence-corrected chi connectivity index (χ0v) is 7.91. The minimum absolute atomic E-state index is 0.170. The maximum Gasteiger partial charge on any atom is 0.313 e. The van der Waals surface area contributed by atoms with Gasteiger partial charge in [-0.2, -0.15) is 0 Å². The number of methoxy groups -OCH3 is 1. The lowest BCUT2D eigenvalue weighted by atomic mass is 10.0. The molecule has 0 bridgehead atoms. The summed E-state index contributed by atoms with van der Waals surface area (Å²) in [6.45, 7) is 2.63. The van der Waals surface area contributed by atoms with Crippen LogP contribution in [-0.4, -0.2) is 31.6 Å². The molecule has 0 amide bonds. The van der Waals surface area contributed by atoms with Crippen LogP contribution in [0.1, 0.15) is 19.8 Å². The summed E-state index contributed by atoms with van der Waals surface area (Å²) in [6.07, 6.45) is 0.151. The Labute approximate surface area is 77.2 Å². The third-order valence-electron chi connectivity index (χ3n) is 2.10. The summed E-state index contributed by atoms with van der Waals surface area (Å²) in [5.74, 6) is -0.254. The first-order chi connectivity index (χ1) is 6.13. The van der Waals surface area contributed by atoms with Gasteiger partial charge in [0.05, 0.1) is 13.7 Å². The fourth-order valence-corrected chi connectivity index (χ4v) is 1.33. The molecular formula is C9H14O4. The van der Waals surface area contributed by atoms with Gasteiger partial charge in [0, 0.05) is 0 Å². The second-order valence-corrected chi connectivity index (χ2v) is 3.38. The van der Waals surface area contributed by atoms with E-state index >= 15 is 0 Å². The number of hydrogen-bond acceptors (Lipinski definition) is 4. The first-order valence-electron chi connectivity index (χ1n) is 4.34. The molecule has 4 heteroatoms. The van der Waals surface area contributed by atoms with Crippen LogP contribution in [-0.2, 0) is 19.1 Å². The summed E-state index contributed by atoms with van der Waals surface area (Å²) >= 11 is 0. The van der Waals surface area contributed by atoms with E-state index in [2.05, 4.69) is 4.74 Å². The van der Waals surface area contributed by atoms with Crippen molar-refractivity contribution >= 4 is 11.8 Å². The fourth-order valence-electron chi connectivity index (χ4n) is 1.33. The standard InChI is InChI=1S/C9H14O4/c1-6-3-8(13-5-6)7(10)4-9(11)12-2/h6,8H,3-5H2,1-2H3. The van der Waals surface area contributed by atoms with Crippen LogP contribution in [0.15, 0.2) is 0 Å². The largest absolute Gasteiger partial charge is 0.469 e. The Balaban J connectivity index is 2.36. The van der Waals surface area contributed by atoms with Gasteiger partial charge >= 0.3 is 5.97 Å². The highest BCUT2D eigenvalue weighted by molar-refractivity contribution is 5.98. The molecule has 13 heavy (non-hydrogen) atoms. The third kappa shape index (κ3) is 2.81. The number of carbonyl (C=O) groups is 2. The monoisotopic (exact) mass is 186 g/mol. The fraction of sp³-hybridized carbons (Fsp3) is 0.778. The second-order valence-electron chi connectivity index (χ2n) is 3.38. The van der Waals surface area contributed by atoms with Crippen LogP contribution in [0.5, 0.6) is 0 Å². The van der Waals surface area contributed by atoms with Gasteiger partial charge in [-0.1, -0.05) is 6.92 Å². The quantitative estimate of drug-likeness (QED) is 0.477. The zero-order chi connectivity index (χ0) is 9.84. The van der Waals surface area contributed by atoms with Gasteiger partial charge in [-0.15, -0.1) is 0 Å². The van der Waals surface area contributed by atoms with Crippen molar-refractivity contribution in [2.75, 3.05) is 13.7 Å². The Morgan fingerprint density at radius 1 is 1.54 bits per heavy atom. The molecule has 0 radical (unpaired) electrons. The highest BCUT2D eigenvalue weighted by Crippen LogP contribution is 2.20. The smallest absolute Gasteiger partial charge is 0.313 e. The third-order valence-corrected chi connectivity index (χ3v) is 2.10. The molecule has 0 saturated carbocycles. The van der Waals surface area contributed by atoms with E-state index in [0.717, 1.165) is 6.42 Å². The first kappa shape index (κ1) is 10.2. The van der Waals surface area contributed by atoms with E-state index in [9.17, 15) is 9.59 Å². The first-order valence-corrected chi connectivity index (χ1v) is 4.34. The van der Waals surface area contributed by atoms with Gasteiger partial charge in [0.15, 0.2) is 5.78 Å². The summed E-state index contributed by atoms with van der Waals surface area (Å²) in [5.41, 5.74) is 0. The number of hydrogen-bond donors (Lipinski definition) is 0. The van der Waals surface area contributed by atoms with E-state index in [0.29, 0.717) is 12.5 Å². The summed E-state index contributed by atoms with van der Waals surface area (Å²) in [4.78, 5) is 22.1. The number of rotatable bonds is 3. The summed E-state index contributed by atoms with van der Waals surface area (Å²) in [5, 5.41) is 0. The zero-order valence-electron chi connectivity index (χ0n) is 7.91. The molecule has 0 aromatic rings. The summed E-state index contributed by atoms with van der Waals surface area (Å²) in [7, 11) is 1.27. The van der Waals surface area contributed by atoms with Crippen LogP contribution in [0.25, 0.3) is 0 Å². The molecule has 1 aliphatic rings. The summed E-state index contributed by atoms with van der Waals surface area (Å²) < 4.78 is 9.61. The predicted molar refractivity (Wildman–Crippen MR) is 45.2 cm³/mol. The Hall–Kier alpha value is -0.900. The predicted octanol–water partition coefficient (Wildman–Crippen LogP) is 0.544. The number of esters is 1. The molecule has 0 aromatic heterocycles. The number of ether oxygens (including phenoxy) is 2. The van der Waals surface area contributed by atoms with Crippen LogP contribution in [0, 0.1) is 5.92 Å². The molecule has 0 N–H and O–H groups in total. The SMILES string of the molecule is COC(=O)CC(=O)C1CC(C)CO1. The topological polar surface area (TPSA) is 52.6 Å². The van der Waals surface area contributed by atoms with E-state index < -0.39 is 12.1 Å². The molecular weight excluding hydrogens is 172 g/mol. The number of carbonyl (C=O) groups excluding carboxylic acids is 2. The molecule has 0 aromatic carbocycles. The molecule has 1 heterocycles. The van der Waals surface area contributed by atoms with Crippen molar-refractivity contribution in [3.05, 3.63) is 0 Å². The van der Waals surface area contributed by atoms with Gasteiger partial charge in [-0.25, -0.2) is 0 Å². The van der Waals surface area contributed by atoms with E-state index in [1.54, 1.807) is 0 Å². The van der Waals surface area contributed by atoms with Crippen molar-refractivity contribution in [1.29, 1.82) is 0 Å². The maximum atomic E-state index is 11.3. The van der Waals surface area contributed by atoms with Crippen molar-refractivity contribution in [2.24, 2.45) is 5.92 Å². The van der Waals surface area contributed by atoms with Gasteiger partial charge in [-0.05, 0) is 12.3 Å². The lowest BCUT2D eigenvalue weighted by Crippen LogP contribution is -2.22. The van der Waals surface area contributed by atoms with Gasteiger partial charge in [0.2, 0.25) is 0 Å². The summed E-state index contributed by atoms with van der Waals surface area (Å²) in [6, 6.07) is 0. The average Bonchev–Trinajstić information content (AvgIpc) is 2.51. The van der Waals surface area contributed by atoms with Gasteiger partial charge in [0.1, 0.15) is 12.5 Å². The molecule has 0 aliphatic carbocycles.